The molecule has 4 N–H and O–H groups in total. The van der Waals surface area contributed by atoms with Crippen LogP contribution in [0.2, 0.25) is 0 Å². The van der Waals surface area contributed by atoms with Crippen molar-refractivity contribution < 1.29 is 9.90 Å². The van der Waals surface area contributed by atoms with Gasteiger partial charge in [-0.2, -0.15) is 4.98 Å². The molecule has 0 unspecified atom stereocenters. The minimum absolute atomic E-state index is 0.0379. The van der Waals surface area contributed by atoms with E-state index in [0.29, 0.717) is 0 Å². The number of imidazole rings is 1. The highest BCUT2D eigenvalue weighted by atomic mass is 16.4. The molecule has 2 heterocycles. The van der Waals surface area contributed by atoms with Gasteiger partial charge in [0.2, 0.25) is 11.8 Å². The van der Waals surface area contributed by atoms with Crippen LogP contribution >= 0.6 is 0 Å². The van der Waals surface area contributed by atoms with Gasteiger partial charge in [-0.05, 0) is 0 Å². The molecular formula is C7H7N5O3. The van der Waals surface area contributed by atoms with Crippen LogP contribution in [0.3, 0.4) is 0 Å². The lowest BCUT2D eigenvalue weighted by Gasteiger charge is -1.96. The van der Waals surface area contributed by atoms with Crippen molar-refractivity contribution in [2.45, 2.75) is 0 Å². The quantitative estimate of drug-likeness (QED) is 0.549. The molecular weight excluding hydrogens is 202 g/mol. The van der Waals surface area contributed by atoms with Crippen molar-refractivity contribution in [2.75, 3.05) is 5.73 Å². The fraction of sp³-hybridized carbons (Fsp3) is 0.143. The minimum Gasteiger partial charge on any atom is -0.475 e. The Kier molecular flexibility index (Phi) is 1.72. The van der Waals surface area contributed by atoms with Crippen LogP contribution in [-0.4, -0.2) is 30.6 Å². The number of H-pyrrole nitrogens is 1. The number of aromatic nitrogens is 4. The van der Waals surface area contributed by atoms with Crippen molar-refractivity contribution in [3.63, 3.8) is 0 Å². The number of nitrogens with zero attached hydrogens (tertiary/aromatic N) is 3. The molecule has 0 saturated heterocycles. The molecule has 0 aliphatic rings. The summed E-state index contributed by atoms with van der Waals surface area (Å²) in [6.07, 6.45) is 0. The van der Waals surface area contributed by atoms with Crippen LogP contribution in [0.5, 0.6) is 0 Å². The third-order valence-electron chi connectivity index (χ3n) is 1.94. The Hall–Kier alpha value is -2.38. The number of carbonyl (C=O) groups is 1. The molecule has 0 aromatic carbocycles. The van der Waals surface area contributed by atoms with Gasteiger partial charge in [0.15, 0.2) is 11.2 Å². The summed E-state index contributed by atoms with van der Waals surface area (Å²) >= 11 is 0. The van der Waals surface area contributed by atoms with E-state index in [1.165, 1.54) is 11.6 Å². The first-order valence-electron chi connectivity index (χ1n) is 3.96. The third kappa shape index (κ3) is 1.23. The number of carboxylic acid groups (broad SMARTS) is 1. The molecule has 15 heavy (non-hydrogen) atoms. The van der Waals surface area contributed by atoms with E-state index in [1.54, 1.807) is 0 Å². The summed E-state index contributed by atoms with van der Waals surface area (Å²) in [6.45, 7) is 0. The Morgan fingerprint density at radius 1 is 1.53 bits per heavy atom. The molecule has 78 valence electrons. The molecule has 0 spiro atoms. The van der Waals surface area contributed by atoms with E-state index < -0.39 is 11.5 Å². The maximum Gasteiger partial charge on any atom is 0.372 e. The van der Waals surface area contributed by atoms with Gasteiger partial charge >= 0.3 is 5.97 Å². The molecule has 2 rings (SSSR count). The molecule has 2 aromatic rings. The highest BCUT2D eigenvalue weighted by molar-refractivity contribution is 5.88. The smallest absolute Gasteiger partial charge is 0.372 e. The summed E-state index contributed by atoms with van der Waals surface area (Å²) < 4.78 is 1.20. The van der Waals surface area contributed by atoms with Crippen molar-refractivity contribution in [3.05, 3.63) is 16.2 Å². The minimum atomic E-state index is -1.23. The lowest BCUT2D eigenvalue weighted by molar-refractivity contribution is 0.0680. The molecule has 0 fully saturated rings. The number of anilines is 1. The van der Waals surface area contributed by atoms with Gasteiger partial charge < -0.3 is 15.4 Å². The number of nitrogens with two attached hydrogens (primary N) is 1. The monoisotopic (exact) mass is 209 g/mol. The summed E-state index contributed by atoms with van der Waals surface area (Å²) in [7, 11) is 1.45. The predicted molar refractivity (Wildman–Crippen MR) is 50.5 cm³/mol. The van der Waals surface area contributed by atoms with Crippen molar-refractivity contribution in [1.29, 1.82) is 0 Å². The molecule has 0 bridgehead atoms. The normalized spacial score (nSPS) is 10.7. The fourth-order valence-corrected chi connectivity index (χ4v) is 1.28. The molecule has 0 saturated carbocycles. The SMILES string of the molecule is Cn1c(C(=O)O)nc2c(=O)[nH]c(N)nc21. The fourth-order valence-electron chi connectivity index (χ4n) is 1.28. The maximum atomic E-state index is 11.3. The van der Waals surface area contributed by atoms with E-state index in [2.05, 4.69) is 15.0 Å². The second-order valence-electron chi connectivity index (χ2n) is 2.92. The molecule has 8 heteroatoms. The number of aryl methyl sites for hydroxylation is 1. The number of aromatic amines is 1. The summed E-state index contributed by atoms with van der Waals surface area (Å²) in [5.74, 6) is -1.56. The molecule has 0 atom stereocenters. The van der Waals surface area contributed by atoms with Gasteiger partial charge in [-0.15, -0.1) is 0 Å². The highest BCUT2D eigenvalue weighted by Crippen LogP contribution is 2.08. The van der Waals surface area contributed by atoms with Gasteiger partial charge in [0.05, 0.1) is 0 Å². The molecule has 0 aliphatic carbocycles. The van der Waals surface area contributed by atoms with E-state index in [4.69, 9.17) is 10.8 Å². The Balaban J connectivity index is 2.94. The summed E-state index contributed by atoms with van der Waals surface area (Å²) in [5, 5.41) is 8.77. The Bertz CT molecular complexity index is 611. The highest BCUT2D eigenvalue weighted by Gasteiger charge is 2.17. The molecule has 0 amide bonds. The zero-order valence-corrected chi connectivity index (χ0v) is 7.68. The zero-order valence-electron chi connectivity index (χ0n) is 7.68. The van der Waals surface area contributed by atoms with Crippen molar-refractivity contribution in [2.24, 2.45) is 7.05 Å². The van der Waals surface area contributed by atoms with Gasteiger partial charge in [-0.25, -0.2) is 9.78 Å². The standard InChI is InChI=1S/C7H7N5O3/c1-12-3-2(9-4(12)6(14)15)5(13)11-7(8)10-3/h1H3,(H,14,15)(H3,8,10,11,13). The number of rotatable bonds is 1. The first-order valence-corrected chi connectivity index (χ1v) is 3.96. The van der Waals surface area contributed by atoms with Crippen LogP contribution in [0.15, 0.2) is 4.79 Å². The second kappa shape index (κ2) is 2.80. The second-order valence-corrected chi connectivity index (χ2v) is 2.92. The van der Waals surface area contributed by atoms with Gasteiger partial charge in [0, 0.05) is 7.05 Å². The first-order chi connectivity index (χ1) is 7.00. The van der Waals surface area contributed by atoms with Crippen LogP contribution in [0.25, 0.3) is 11.2 Å². The van der Waals surface area contributed by atoms with E-state index >= 15 is 0 Å². The number of nitrogen functional groups attached to an aromatic ring is 1. The zero-order chi connectivity index (χ0) is 11.2. The van der Waals surface area contributed by atoms with Gasteiger partial charge in [-0.1, -0.05) is 0 Å². The number of hydrogen-bond donors (Lipinski definition) is 3. The topological polar surface area (TPSA) is 127 Å². The van der Waals surface area contributed by atoms with Crippen molar-refractivity contribution in [1.82, 2.24) is 19.5 Å². The number of hydrogen-bond acceptors (Lipinski definition) is 5. The lowest BCUT2D eigenvalue weighted by atomic mass is 10.5. The molecule has 0 aliphatic heterocycles. The van der Waals surface area contributed by atoms with Crippen LogP contribution in [0.1, 0.15) is 10.6 Å². The van der Waals surface area contributed by atoms with E-state index in [-0.39, 0.29) is 22.9 Å². The summed E-state index contributed by atoms with van der Waals surface area (Å²) in [6, 6.07) is 0. The average Bonchev–Trinajstić information content (AvgIpc) is 2.44. The lowest BCUT2D eigenvalue weighted by Crippen LogP contribution is -2.11. The number of nitrogens with one attached hydrogen (secondary N) is 1. The van der Waals surface area contributed by atoms with Crippen LogP contribution in [0.4, 0.5) is 5.95 Å². The Labute approximate surface area is 82.4 Å². The van der Waals surface area contributed by atoms with E-state index in [1.807, 2.05) is 0 Å². The Morgan fingerprint density at radius 2 is 2.20 bits per heavy atom. The van der Waals surface area contributed by atoms with E-state index in [0.717, 1.165) is 0 Å². The van der Waals surface area contributed by atoms with Gasteiger partial charge in [-0.3, -0.25) is 9.78 Å². The largest absolute Gasteiger partial charge is 0.475 e. The van der Waals surface area contributed by atoms with Crippen LogP contribution in [-0.2, 0) is 7.05 Å². The predicted octanol–water partition coefficient (Wildman–Crippen LogP) is -1.06. The van der Waals surface area contributed by atoms with Crippen LogP contribution in [0, 0.1) is 0 Å². The first kappa shape index (κ1) is 9.19. The summed E-state index contributed by atoms with van der Waals surface area (Å²) in [4.78, 5) is 31.8. The molecule has 8 nitrogen and oxygen atoms in total. The van der Waals surface area contributed by atoms with Gasteiger partial charge in [0.1, 0.15) is 0 Å². The summed E-state index contributed by atoms with van der Waals surface area (Å²) in [5.41, 5.74) is 4.88. The van der Waals surface area contributed by atoms with E-state index in [9.17, 15) is 9.59 Å². The number of aromatic carboxylic acids is 1. The molecule has 0 radical (unpaired) electrons. The van der Waals surface area contributed by atoms with Crippen molar-refractivity contribution >= 4 is 23.1 Å². The van der Waals surface area contributed by atoms with Crippen molar-refractivity contribution in [3.8, 4) is 0 Å². The number of carboxylic acids is 1. The van der Waals surface area contributed by atoms with Crippen LogP contribution < -0.4 is 11.3 Å². The number of fused-ring (bicyclic) bond motifs is 1. The van der Waals surface area contributed by atoms with Gasteiger partial charge in [0.25, 0.3) is 5.56 Å². The average molecular weight is 209 g/mol. The third-order valence-corrected chi connectivity index (χ3v) is 1.94. The molecule has 2 aromatic heterocycles. The maximum absolute atomic E-state index is 11.3. The Morgan fingerprint density at radius 3 is 2.80 bits per heavy atom.